The predicted octanol–water partition coefficient (Wildman–Crippen LogP) is 0.748. The van der Waals surface area contributed by atoms with Crippen LogP contribution in [0.3, 0.4) is 0 Å². The van der Waals surface area contributed by atoms with Crippen molar-refractivity contribution in [3.63, 3.8) is 0 Å². The molecule has 1 amide bonds. The molecule has 4 heteroatoms. The van der Waals surface area contributed by atoms with E-state index in [2.05, 4.69) is 10.2 Å². The number of likely N-dealkylation sites (tertiary alicyclic amines) is 1. The second-order valence-corrected chi connectivity index (χ2v) is 5.30. The highest BCUT2D eigenvalue weighted by atomic mass is 16.3. The fourth-order valence-corrected chi connectivity index (χ4v) is 3.39. The Morgan fingerprint density at radius 1 is 1.35 bits per heavy atom. The molecular formula is C13H24N2O2. The summed E-state index contributed by atoms with van der Waals surface area (Å²) >= 11 is 0. The summed E-state index contributed by atoms with van der Waals surface area (Å²) in [5.41, 5.74) is 0. The van der Waals surface area contributed by atoms with Crippen molar-refractivity contribution in [2.75, 3.05) is 19.6 Å². The van der Waals surface area contributed by atoms with E-state index in [1.807, 2.05) is 6.92 Å². The van der Waals surface area contributed by atoms with Crippen LogP contribution in [0.4, 0.5) is 0 Å². The van der Waals surface area contributed by atoms with Crippen molar-refractivity contribution in [3.8, 4) is 0 Å². The lowest BCUT2D eigenvalue weighted by Gasteiger charge is -2.30. The largest absolute Gasteiger partial charge is 0.393 e. The quantitative estimate of drug-likeness (QED) is 0.762. The highest BCUT2D eigenvalue weighted by Gasteiger charge is 2.38. The summed E-state index contributed by atoms with van der Waals surface area (Å²) in [6.45, 7) is 4.15. The smallest absolute Gasteiger partial charge is 0.234 e. The zero-order chi connectivity index (χ0) is 12.3. The van der Waals surface area contributed by atoms with Crippen LogP contribution in [0.1, 0.15) is 39.0 Å². The second-order valence-electron chi connectivity index (χ2n) is 5.30. The summed E-state index contributed by atoms with van der Waals surface area (Å²) in [5.74, 6) is 0.513. The Labute approximate surface area is 103 Å². The number of likely N-dealkylation sites (N-methyl/N-ethyl adjacent to an activating group) is 1. The van der Waals surface area contributed by atoms with E-state index in [-0.39, 0.29) is 12.0 Å². The van der Waals surface area contributed by atoms with E-state index < -0.39 is 0 Å². The van der Waals surface area contributed by atoms with Gasteiger partial charge in [-0.25, -0.2) is 0 Å². The molecule has 2 aliphatic rings. The number of amides is 1. The third-order valence-corrected chi connectivity index (χ3v) is 4.16. The first-order valence-corrected chi connectivity index (χ1v) is 6.91. The first-order chi connectivity index (χ1) is 8.22. The van der Waals surface area contributed by atoms with E-state index in [0.29, 0.717) is 25.0 Å². The zero-order valence-corrected chi connectivity index (χ0v) is 10.7. The molecule has 0 aromatic heterocycles. The van der Waals surface area contributed by atoms with Gasteiger partial charge in [-0.05, 0) is 39.2 Å². The third-order valence-electron chi connectivity index (χ3n) is 4.16. The van der Waals surface area contributed by atoms with Gasteiger partial charge in [0.15, 0.2) is 0 Å². The van der Waals surface area contributed by atoms with Gasteiger partial charge in [-0.1, -0.05) is 6.42 Å². The molecule has 0 aromatic rings. The Balaban J connectivity index is 1.90. The van der Waals surface area contributed by atoms with Crippen LogP contribution >= 0.6 is 0 Å². The maximum absolute atomic E-state index is 11.6. The van der Waals surface area contributed by atoms with Gasteiger partial charge in [0.1, 0.15) is 0 Å². The fourth-order valence-electron chi connectivity index (χ4n) is 3.39. The topological polar surface area (TPSA) is 52.6 Å². The summed E-state index contributed by atoms with van der Waals surface area (Å²) in [6, 6.07) is 0.426. The average Bonchev–Trinajstić information content (AvgIpc) is 2.87. The van der Waals surface area contributed by atoms with Crippen molar-refractivity contribution in [2.24, 2.45) is 5.92 Å². The van der Waals surface area contributed by atoms with Gasteiger partial charge in [-0.2, -0.15) is 0 Å². The number of hydrogen-bond acceptors (Lipinski definition) is 3. The minimum atomic E-state index is -0.144. The van der Waals surface area contributed by atoms with Gasteiger partial charge in [0.2, 0.25) is 5.91 Å². The van der Waals surface area contributed by atoms with Crippen LogP contribution in [0, 0.1) is 5.92 Å². The summed E-state index contributed by atoms with van der Waals surface area (Å²) in [7, 11) is 0. The van der Waals surface area contributed by atoms with Crippen LogP contribution in [0.2, 0.25) is 0 Å². The Morgan fingerprint density at radius 2 is 2.18 bits per heavy atom. The Kier molecular flexibility index (Phi) is 4.40. The van der Waals surface area contributed by atoms with E-state index in [4.69, 9.17) is 0 Å². The van der Waals surface area contributed by atoms with E-state index in [0.717, 1.165) is 38.6 Å². The first-order valence-electron chi connectivity index (χ1n) is 6.91. The van der Waals surface area contributed by atoms with Gasteiger partial charge < -0.3 is 10.4 Å². The summed E-state index contributed by atoms with van der Waals surface area (Å²) in [5, 5.41) is 12.8. The number of nitrogens with one attached hydrogen (secondary N) is 1. The van der Waals surface area contributed by atoms with Crippen molar-refractivity contribution < 1.29 is 9.90 Å². The summed E-state index contributed by atoms with van der Waals surface area (Å²) < 4.78 is 0. The molecule has 3 unspecified atom stereocenters. The third kappa shape index (κ3) is 2.99. The van der Waals surface area contributed by atoms with Crippen LogP contribution < -0.4 is 5.32 Å². The summed E-state index contributed by atoms with van der Waals surface area (Å²) in [4.78, 5) is 13.9. The minimum Gasteiger partial charge on any atom is -0.393 e. The van der Waals surface area contributed by atoms with E-state index in [1.54, 1.807) is 0 Å². The maximum Gasteiger partial charge on any atom is 0.234 e. The zero-order valence-electron chi connectivity index (χ0n) is 10.7. The molecule has 0 bridgehead atoms. The predicted molar refractivity (Wildman–Crippen MR) is 66.6 cm³/mol. The molecule has 1 aliphatic carbocycles. The number of hydrogen-bond donors (Lipinski definition) is 2. The molecule has 0 radical (unpaired) electrons. The molecule has 2 N–H and O–H groups in total. The normalized spacial score (nSPS) is 34.1. The number of carbonyl (C=O) groups excluding carboxylic acids is 1. The molecule has 1 saturated carbocycles. The molecule has 0 spiro atoms. The van der Waals surface area contributed by atoms with Crippen LogP contribution in [0.15, 0.2) is 0 Å². The lowest BCUT2D eigenvalue weighted by atomic mass is 9.94. The minimum absolute atomic E-state index is 0.117. The standard InChI is InChI=1S/C13H24N2O2/c1-2-14-13(17)9-15-8-4-6-11(15)10-5-3-7-12(10)16/h10-12,16H,2-9H2,1H3,(H,14,17). The van der Waals surface area contributed by atoms with E-state index in [1.165, 1.54) is 0 Å². The highest BCUT2D eigenvalue weighted by Crippen LogP contribution is 2.35. The van der Waals surface area contributed by atoms with Gasteiger partial charge in [0.05, 0.1) is 12.6 Å². The molecule has 2 fully saturated rings. The lowest BCUT2D eigenvalue weighted by molar-refractivity contribution is -0.122. The van der Waals surface area contributed by atoms with E-state index in [9.17, 15) is 9.90 Å². The number of aliphatic hydroxyl groups excluding tert-OH is 1. The van der Waals surface area contributed by atoms with Crippen LogP contribution in [0.5, 0.6) is 0 Å². The maximum atomic E-state index is 11.6. The van der Waals surface area contributed by atoms with Crippen LogP contribution in [-0.2, 0) is 4.79 Å². The Hall–Kier alpha value is -0.610. The fraction of sp³-hybridized carbons (Fsp3) is 0.923. The van der Waals surface area contributed by atoms with Crippen LogP contribution in [0.25, 0.3) is 0 Å². The molecule has 2 rings (SSSR count). The molecule has 0 aromatic carbocycles. The van der Waals surface area contributed by atoms with Gasteiger partial charge in [0, 0.05) is 18.5 Å². The molecular weight excluding hydrogens is 216 g/mol. The second kappa shape index (κ2) is 5.83. The van der Waals surface area contributed by atoms with Crippen molar-refractivity contribution in [1.29, 1.82) is 0 Å². The van der Waals surface area contributed by atoms with Gasteiger partial charge in [-0.15, -0.1) is 0 Å². The van der Waals surface area contributed by atoms with Crippen molar-refractivity contribution in [2.45, 2.75) is 51.2 Å². The molecule has 4 nitrogen and oxygen atoms in total. The van der Waals surface area contributed by atoms with Crippen molar-refractivity contribution in [3.05, 3.63) is 0 Å². The molecule has 98 valence electrons. The highest BCUT2D eigenvalue weighted by molar-refractivity contribution is 5.78. The Bertz CT molecular complexity index is 270. The van der Waals surface area contributed by atoms with Crippen molar-refractivity contribution in [1.82, 2.24) is 10.2 Å². The SMILES string of the molecule is CCNC(=O)CN1CCCC1C1CCCC1O. The van der Waals surface area contributed by atoms with Crippen molar-refractivity contribution >= 4 is 5.91 Å². The molecule has 1 aliphatic heterocycles. The molecule has 1 heterocycles. The lowest BCUT2D eigenvalue weighted by Crippen LogP contribution is -2.44. The van der Waals surface area contributed by atoms with Gasteiger partial charge >= 0.3 is 0 Å². The average molecular weight is 240 g/mol. The number of aliphatic hydroxyl groups is 1. The summed E-state index contributed by atoms with van der Waals surface area (Å²) in [6.07, 6.45) is 5.36. The first kappa shape index (κ1) is 12.8. The number of nitrogens with zero attached hydrogens (tertiary/aromatic N) is 1. The van der Waals surface area contributed by atoms with Crippen LogP contribution in [-0.4, -0.2) is 47.7 Å². The number of carbonyl (C=O) groups is 1. The molecule has 17 heavy (non-hydrogen) atoms. The molecule has 3 atom stereocenters. The monoisotopic (exact) mass is 240 g/mol. The number of rotatable bonds is 4. The Morgan fingerprint density at radius 3 is 2.82 bits per heavy atom. The molecule has 1 saturated heterocycles. The van der Waals surface area contributed by atoms with Gasteiger partial charge in [-0.3, -0.25) is 9.69 Å². The van der Waals surface area contributed by atoms with Gasteiger partial charge in [0.25, 0.3) is 0 Å². The van der Waals surface area contributed by atoms with E-state index >= 15 is 0 Å².